The summed E-state index contributed by atoms with van der Waals surface area (Å²) in [4.78, 5) is 36.6. The van der Waals surface area contributed by atoms with E-state index in [1.165, 1.54) is 0 Å². The zero-order chi connectivity index (χ0) is 21.7. The molecule has 160 valence electrons. The molecule has 1 aliphatic rings. The number of ether oxygens (including phenoxy) is 1. The zero-order valence-electron chi connectivity index (χ0n) is 17.1. The van der Waals surface area contributed by atoms with Gasteiger partial charge in [-0.1, -0.05) is 43.2 Å². The van der Waals surface area contributed by atoms with Crippen LogP contribution in [-0.4, -0.2) is 51.5 Å². The van der Waals surface area contributed by atoms with E-state index in [9.17, 15) is 24.6 Å². The Labute approximate surface area is 170 Å². The van der Waals surface area contributed by atoms with Crippen molar-refractivity contribution in [3.8, 4) is 0 Å². The Kier molecular flexibility index (Phi) is 7.24. The molecule has 2 atom stereocenters. The molecule has 0 heterocycles. The third-order valence-corrected chi connectivity index (χ3v) is 4.88. The van der Waals surface area contributed by atoms with Gasteiger partial charge in [0.05, 0.1) is 6.04 Å². The molecule has 0 radical (unpaired) electrons. The number of rotatable bonds is 7. The summed E-state index contributed by atoms with van der Waals surface area (Å²) in [6, 6.07) is 8.09. The third-order valence-electron chi connectivity index (χ3n) is 4.88. The highest BCUT2D eigenvalue weighted by molar-refractivity contribution is 5.90. The maximum atomic E-state index is 12.7. The second-order valence-electron chi connectivity index (χ2n) is 8.47. The fourth-order valence-corrected chi connectivity index (χ4v) is 3.43. The minimum Gasteiger partial charge on any atom is -0.480 e. The van der Waals surface area contributed by atoms with Gasteiger partial charge in [-0.2, -0.15) is 0 Å². The summed E-state index contributed by atoms with van der Waals surface area (Å²) in [6.07, 6.45) is -0.237. The van der Waals surface area contributed by atoms with Gasteiger partial charge in [-0.15, -0.1) is 0 Å². The molecule has 0 unspecified atom stereocenters. The fourth-order valence-electron chi connectivity index (χ4n) is 3.43. The molecule has 1 aromatic rings. The Morgan fingerprint density at radius 3 is 2.24 bits per heavy atom. The SMILES string of the molecule is CC(C)(C)OC(=O)N[C@H](Cc1ccccc1)[C@H](O)C(=O)NC1(C(=O)O)CCCC1. The Morgan fingerprint density at radius 2 is 1.72 bits per heavy atom. The highest BCUT2D eigenvalue weighted by Gasteiger charge is 2.44. The topological polar surface area (TPSA) is 125 Å². The molecular weight excluding hydrogens is 376 g/mol. The quantitative estimate of drug-likeness (QED) is 0.549. The van der Waals surface area contributed by atoms with E-state index in [2.05, 4.69) is 10.6 Å². The van der Waals surface area contributed by atoms with Gasteiger partial charge in [0, 0.05) is 0 Å². The van der Waals surface area contributed by atoms with Crippen LogP contribution in [0.4, 0.5) is 4.79 Å². The number of aliphatic carboxylic acids is 1. The van der Waals surface area contributed by atoms with Gasteiger partial charge in [-0.3, -0.25) is 4.79 Å². The van der Waals surface area contributed by atoms with Crippen molar-refractivity contribution in [1.82, 2.24) is 10.6 Å². The van der Waals surface area contributed by atoms with Crippen LogP contribution in [0.5, 0.6) is 0 Å². The fraction of sp³-hybridized carbons (Fsp3) is 0.571. The van der Waals surface area contributed by atoms with Gasteiger partial charge in [-0.05, 0) is 45.6 Å². The van der Waals surface area contributed by atoms with Gasteiger partial charge in [0.1, 0.15) is 11.1 Å². The molecule has 2 amide bonds. The maximum Gasteiger partial charge on any atom is 0.407 e. The highest BCUT2D eigenvalue weighted by atomic mass is 16.6. The molecule has 1 aromatic carbocycles. The number of carbonyl (C=O) groups is 3. The Hall–Kier alpha value is -2.61. The van der Waals surface area contributed by atoms with Crippen LogP contribution >= 0.6 is 0 Å². The second-order valence-corrected chi connectivity index (χ2v) is 8.47. The van der Waals surface area contributed by atoms with Gasteiger partial charge in [0.25, 0.3) is 5.91 Å². The summed E-state index contributed by atoms with van der Waals surface area (Å²) in [7, 11) is 0. The van der Waals surface area contributed by atoms with Gasteiger partial charge >= 0.3 is 12.1 Å². The zero-order valence-corrected chi connectivity index (χ0v) is 17.1. The first-order valence-corrected chi connectivity index (χ1v) is 9.79. The predicted molar refractivity (Wildman–Crippen MR) is 106 cm³/mol. The van der Waals surface area contributed by atoms with Crippen LogP contribution in [-0.2, 0) is 20.7 Å². The third kappa shape index (κ3) is 6.45. The van der Waals surface area contributed by atoms with Crippen molar-refractivity contribution in [1.29, 1.82) is 0 Å². The summed E-state index contributed by atoms with van der Waals surface area (Å²) in [5, 5.41) is 25.3. The van der Waals surface area contributed by atoms with Crippen LogP contribution in [0.25, 0.3) is 0 Å². The number of carbonyl (C=O) groups excluding carboxylic acids is 2. The van der Waals surface area contributed by atoms with E-state index in [1.54, 1.807) is 20.8 Å². The largest absolute Gasteiger partial charge is 0.480 e. The molecule has 2 rings (SSSR count). The van der Waals surface area contributed by atoms with Gasteiger partial charge in [0.2, 0.25) is 0 Å². The van der Waals surface area contributed by atoms with E-state index in [0.717, 1.165) is 5.56 Å². The van der Waals surface area contributed by atoms with Gasteiger partial charge < -0.3 is 25.6 Å². The molecule has 1 saturated carbocycles. The first kappa shape index (κ1) is 22.7. The molecule has 1 fully saturated rings. The van der Waals surface area contributed by atoms with Crippen molar-refractivity contribution in [2.24, 2.45) is 0 Å². The monoisotopic (exact) mass is 406 g/mol. The molecule has 0 aromatic heterocycles. The Balaban J connectivity index is 2.16. The van der Waals surface area contributed by atoms with Crippen LogP contribution in [0.15, 0.2) is 30.3 Å². The van der Waals surface area contributed by atoms with Gasteiger partial charge in [-0.25, -0.2) is 9.59 Å². The first-order valence-electron chi connectivity index (χ1n) is 9.79. The van der Waals surface area contributed by atoms with Crippen molar-refractivity contribution >= 4 is 18.0 Å². The predicted octanol–water partition coefficient (Wildman–Crippen LogP) is 2.00. The maximum absolute atomic E-state index is 12.7. The van der Waals surface area contributed by atoms with E-state index < -0.39 is 41.3 Å². The molecule has 29 heavy (non-hydrogen) atoms. The highest BCUT2D eigenvalue weighted by Crippen LogP contribution is 2.30. The van der Waals surface area contributed by atoms with E-state index in [-0.39, 0.29) is 6.42 Å². The minimum absolute atomic E-state index is 0.175. The average Bonchev–Trinajstić information content (AvgIpc) is 3.09. The lowest BCUT2D eigenvalue weighted by Crippen LogP contribution is -2.59. The number of amides is 2. The molecule has 0 saturated heterocycles. The summed E-state index contributed by atoms with van der Waals surface area (Å²) in [6.45, 7) is 5.12. The summed E-state index contributed by atoms with van der Waals surface area (Å²) < 4.78 is 5.24. The molecule has 0 spiro atoms. The summed E-state index contributed by atoms with van der Waals surface area (Å²) >= 11 is 0. The first-order chi connectivity index (χ1) is 13.5. The Bertz CT molecular complexity index is 722. The molecule has 8 nitrogen and oxygen atoms in total. The van der Waals surface area contributed by atoms with E-state index in [1.807, 2.05) is 30.3 Å². The molecule has 1 aliphatic carbocycles. The number of hydrogen-bond acceptors (Lipinski definition) is 5. The number of carboxylic acids is 1. The van der Waals surface area contributed by atoms with E-state index in [4.69, 9.17) is 4.74 Å². The van der Waals surface area contributed by atoms with Crippen molar-refractivity contribution < 1.29 is 29.3 Å². The number of nitrogens with one attached hydrogen (secondary N) is 2. The van der Waals surface area contributed by atoms with Crippen molar-refractivity contribution in [2.75, 3.05) is 0 Å². The van der Waals surface area contributed by atoms with Crippen LogP contribution in [0.3, 0.4) is 0 Å². The second kappa shape index (κ2) is 9.26. The number of aliphatic hydroxyl groups is 1. The Morgan fingerprint density at radius 1 is 1.14 bits per heavy atom. The van der Waals surface area contributed by atoms with Gasteiger partial charge in [0.15, 0.2) is 6.10 Å². The molecule has 0 aliphatic heterocycles. The summed E-state index contributed by atoms with van der Waals surface area (Å²) in [5.41, 5.74) is -1.32. The number of hydrogen-bond donors (Lipinski definition) is 4. The van der Waals surface area contributed by atoms with Crippen LogP contribution in [0.2, 0.25) is 0 Å². The normalized spacial score (nSPS) is 17.8. The number of alkyl carbamates (subject to hydrolysis) is 1. The van der Waals surface area contributed by atoms with Crippen molar-refractivity contribution in [3.05, 3.63) is 35.9 Å². The average molecular weight is 406 g/mol. The van der Waals surface area contributed by atoms with Crippen LogP contribution in [0.1, 0.15) is 52.0 Å². The molecule has 4 N–H and O–H groups in total. The minimum atomic E-state index is -1.64. The molecule has 8 heteroatoms. The lowest BCUT2D eigenvalue weighted by atomic mass is 9.95. The van der Waals surface area contributed by atoms with E-state index in [0.29, 0.717) is 25.7 Å². The molecule has 0 bridgehead atoms. The van der Waals surface area contributed by atoms with Crippen molar-refractivity contribution in [3.63, 3.8) is 0 Å². The summed E-state index contributed by atoms with van der Waals surface area (Å²) in [5.74, 6) is -1.94. The van der Waals surface area contributed by atoms with Crippen LogP contribution < -0.4 is 10.6 Å². The van der Waals surface area contributed by atoms with Crippen molar-refractivity contribution in [2.45, 2.75) is 76.2 Å². The van der Waals surface area contributed by atoms with Crippen LogP contribution in [0, 0.1) is 0 Å². The molecular formula is C21H30N2O6. The number of carboxylic acid groups (broad SMARTS) is 1. The van der Waals surface area contributed by atoms with E-state index >= 15 is 0 Å². The smallest absolute Gasteiger partial charge is 0.407 e. The standard InChI is InChI=1S/C21H30N2O6/c1-20(2,3)29-19(28)22-15(13-14-9-5-4-6-10-14)16(24)17(25)23-21(18(26)27)11-7-8-12-21/h4-6,9-10,15-16,24H,7-8,11-13H2,1-3H3,(H,22,28)(H,23,25)(H,26,27)/t15-,16+/m1/s1. The number of benzene rings is 1. The lowest BCUT2D eigenvalue weighted by Gasteiger charge is -2.30. The lowest BCUT2D eigenvalue weighted by molar-refractivity contribution is -0.149. The number of aliphatic hydroxyl groups excluding tert-OH is 1.